The van der Waals surface area contributed by atoms with E-state index in [1.807, 2.05) is 0 Å². The molecule has 1 fully saturated rings. The maximum absolute atomic E-state index is 12.3. The van der Waals surface area contributed by atoms with Crippen molar-refractivity contribution in [3.63, 3.8) is 0 Å². The van der Waals surface area contributed by atoms with Gasteiger partial charge in [-0.15, -0.1) is 0 Å². The molecule has 7 heteroatoms. The molecule has 0 unspecified atom stereocenters. The number of halogens is 2. The van der Waals surface area contributed by atoms with Crippen molar-refractivity contribution < 1.29 is 9.72 Å². The van der Waals surface area contributed by atoms with Crippen LogP contribution >= 0.6 is 23.2 Å². The lowest BCUT2D eigenvalue weighted by Gasteiger charge is -2.27. The maximum Gasteiger partial charge on any atom is 0.271 e. The molecule has 0 atom stereocenters. The molecule has 0 aliphatic carbocycles. The van der Waals surface area contributed by atoms with E-state index >= 15 is 0 Å². The second kappa shape index (κ2) is 5.75. The molecular formula is C12H12Cl2N2O3. The van der Waals surface area contributed by atoms with Gasteiger partial charge in [-0.05, 0) is 19.3 Å². The quantitative estimate of drug-likeness (QED) is 0.620. The highest BCUT2D eigenvalue weighted by Crippen LogP contribution is 2.32. The van der Waals surface area contributed by atoms with Crippen LogP contribution in [0.25, 0.3) is 0 Å². The van der Waals surface area contributed by atoms with E-state index in [2.05, 4.69) is 0 Å². The number of non-ortho nitro benzene ring substituents is 1. The minimum absolute atomic E-state index is 0.0243. The summed E-state index contributed by atoms with van der Waals surface area (Å²) in [5.74, 6) is -0.296. The molecule has 5 nitrogen and oxygen atoms in total. The normalized spacial score (nSPS) is 15.4. The molecule has 2 rings (SSSR count). The van der Waals surface area contributed by atoms with E-state index in [1.54, 1.807) is 4.90 Å². The summed E-state index contributed by atoms with van der Waals surface area (Å²) in [6.07, 6.45) is 2.96. The number of nitro benzene ring substituents is 1. The van der Waals surface area contributed by atoms with E-state index in [-0.39, 0.29) is 27.2 Å². The third-order valence-electron chi connectivity index (χ3n) is 3.10. The second-order valence-corrected chi connectivity index (χ2v) is 5.18. The number of carbonyl (C=O) groups is 1. The molecule has 1 amide bonds. The highest BCUT2D eigenvalue weighted by atomic mass is 35.5. The van der Waals surface area contributed by atoms with Crippen molar-refractivity contribution in [2.24, 2.45) is 0 Å². The monoisotopic (exact) mass is 302 g/mol. The molecule has 0 spiro atoms. The Balaban J connectivity index is 2.37. The summed E-state index contributed by atoms with van der Waals surface area (Å²) in [6.45, 7) is 1.30. The van der Waals surface area contributed by atoms with Crippen molar-refractivity contribution in [1.82, 2.24) is 4.90 Å². The van der Waals surface area contributed by atoms with Crippen molar-refractivity contribution in [2.45, 2.75) is 19.3 Å². The highest BCUT2D eigenvalue weighted by molar-refractivity contribution is 6.44. The third-order valence-corrected chi connectivity index (χ3v) is 3.90. The Hall–Kier alpha value is -1.33. The van der Waals surface area contributed by atoms with Crippen molar-refractivity contribution in [2.75, 3.05) is 13.1 Å². The van der Waals surface area contributed by atoms with Gasteiger partial charge in [0.05, 0.1) is 20.5 Å². The number of hydrogen-bond acceptors (Lipinski definition) is 3. The Morgan fingerprint density at radius 3 is 2.42 bits per heavy atom. The van der Waals surface area contributed by atoms with Gasteiger partial charge in [0.25, 0.3) is 11.6 Å². The van der Waals surface area contributed by atoms with Crippen molar-refractivity contribution in [3.8, 4) is 0 Å². The fraction of sp³-hybridized carbons (Fsp3) is 0.417. The number of amides is 1. The predicted molar refractivity (Wildman–Crippen MR) is 72.9 cm³/mol. The summed E-state index contributed by atoms with van der Waals surface area (Å²) >= 11 is 11.8. The number of likely N-dealkylation sites (tertiary alicyclic amines) is 1. The van der Waals surface area contributed by atoms with Gasteiger partial charge in [-0.1, -0.05) is 23.2 Å². The van der Waals surface area contributed by atoms with Gasteiger partial charge in [0.2, 0.25) is 0 Å². The van der Waals surface area contributed by atoms with E-state index in [9.17, 15) is 14.9 Å². The van der Waals surface area contributed by atoms with Gasteiger partial charge >= 0.3 is 0 Å². The Labute approximate surface area is 120 Å². The topological polar surface area (TPSA) is 63.4 Å². The van der Waals surface area contributed by atoms with Gasteiger partial charge < -0.3 is 4.90 Å². The number of rotatable bonds is 2. The van der Waals surface area contributed by atoms with E-state index in [1.165, 1.54) is 6.07 Å². The molecule has 19 heavy (non-hydrogen) atoms. The Bertz CT molecular complexity index is 528. The number of hydrogen-bond donors (Lipinski definition) is 0. The molecule has 1 aliphatic rings. The largest absolute Gasteiger partial charge is 0.339 e. The molecular weight excluding hydrogens is 291 g/mol. The van der Waals surface area contributed by atoms with Crippen LogP contribution in [0.5, 0.6) is 0 Å². The molecule has 0 bridgehead atoms. The first-order valence-corrected chi connectivity index (χ1v) is 6.69. The van der Waals surface area contributed by atoms with E-state index < -0.39 is 4.92 Å². The average Bonchev–Trinajstić information content (AvgIpc) is 2.41. The zero-order valence-corrected chi connectivity index (χ0v) is 11.6. The summed E-state index contributed by atoms with van der Waals surface area (Å²) in [7, 11) is 0. The molecule has 1 saturated heterocycles. The van der Waals surface area contributed by atoms with Gasteiger partial charge in [0.15, 0.2) is 0 Å². The zero-order chi connectivity index (χ0) is 14.0. The molecule has 0 aromatic heterocycles. The van der Waals surface area contributed by atoms with E-state index in [0.29, 0.717) is 13.1 Å². The first-order chi connectivity index (χ1) is 9.00. The van der Waals surface area contributed by atoms with Gasteiger partial charge in [0, 0.05) is 25.2 Å². The lowest BCUT2D eigenvalue weighted by molar-refractivity contribution is -0.384. The van der Waals surface area contributed by atoms with E-state index in [0.717, 1.165) is 25.3 Å². The van der Waals surface area contributed by atoms with Crippen LogP contribution < -0.4 is 0 Å². The zero-order valence-electron chi connectivity index (χ0n) is 10.1. The van der Waals surface area contributed by atoms with Crippen LogP contribution in [-0.2, 0) is 0 Å². The van der Waals surface area contributed by atoms with Crippen LogP contribution in [0.4, 0.5) is 5.69 Å². The van der Waals surface area contributed by atoms with Crippen LogP contribution in [0.15, 0.2) is 12.1 Å². The van der Waals surface area contributed by atoms with Gasteiger partial charge in [0.1, 0.15) is 0 Å². The van der Waals surface area contributed by atoms with Crippen LogP contribution in [0.3, 0.4) is 0 Å². The lowest BCUT2D eigenvalue weighted by atomic mass is 10.1. The minimum Gasteiger partial charge on any atom is -0.339 e. The predicted octanol–water partition coefficient (Wildman–Crippen LogP) is 3.53. The summed E-state index contributed by atoms with van der Waals surface area (Å²) < 4.78 is 0. The standard InChI is InChI=1S/C12H12Cl2N2O3/c13-10-7-8(16(18)19)6-9(11(10)14)12(17)15-4-2-1-3-5-15/h6-7H,1-5H2. The number of nitro groups is 1. The van der Waals surface area contributed by atoms with Gasteiger partial charge in [-0.3, -0.25) is 14.9 Å². The fourth-order valence-electron chi connectivity index (χ4n) is 2.10. The van der Waals surface area contributed by atoms with Crippen LogP contribution in [0, 0.1) is 10.1 Å². The van der Waals surface area contributed by atoms with E-state index in [4.69, 9.17) is 23.2 Å². The molecule has 1 heterocycles. The SMILES string of the molecule is O=C(c1cc([N+](=O)[O-])cc(Cl)c1Cl)N1CCCCC1. The van der Waals surface area contributed by atoms with Gasteiger partial charge in [-0.2, -0.15) is 0 Å². The molecule has 1 aromatic carbocycles. The second-order valence-electron chi connectivity index (χ2n) is 4.40. The molecule has 1 aliphatic heterocycles. The molecule has 0 saturated carbocycles. The average molecular weight is 303 g/mol. The Morgan fingerprint density at radius 1 is 1.21 bits per heavy atom. The smallest absolute Gasteiger partial charge is 0.271 e. The minimum atomic E-state index is -0.588. The van der Waals surface area contributed by atoms with Crippen molar-refractivity contribution >= 4 is 34.8 Å². The maximum atomic E-state index is 12.3. The third kappa shape index (κ3) is 2.98. The fourth-order valence-corrected chi connectivity index (χ4v) is 2.51. The van der Waals surface area contributed by atoms with Crippen LogP contribution in [-0.4, -0.2) is 28.8 Å². The number of piperidine rings is 1. The number of benzene rings is 1. The summed E-state index contributed by atoms with van der Waals surface area (Å²) in [5, 5.41) is 10.9. The highest BCUT2D eigenvalue weighted by Gasteiger charge is 2.24. The molecule has 0 N–H and O–H groups in total. The molecule has 0 radical (unpaired) electrons. The number of nitrogens with zero attached hydrogens (tertiary/aromatic N) is 2. The first-order valence-electron chi connectivity index (χ1n) is 5.93. The summed E-state index contributed by atoms with van der Waals surface area (Å²) in [5.41, 5.74) is -0.127. The van der Waals surface area contributed by atoms with Crippen LogP contribution in [0.2, 0.25) is 10.0 Å². The Kier molecular flexibility index (Phi) is 4.27. The molecule has 1 aromatic rings. The van der Waals surface area contributed by atoms with Gasteiger partial charge in [-0.25, -0.2) is 0 Å². The van der Waals surface area contributed by atoms with Crippen molar-refractivity contribution in [1.29, 1.82) is 0 Å². The number of carbonyl (C=O) groups excluding carboxylic acids is 1. The molecule has 102 valence electrons. The summed E-state index contributed by atoms with van der Waals surface area (Å²) in [4.78, 5) is 24.2. The summed E-state index contributed by atoms with van der Waals surface area (Å²) in [6, 6.07) is 2.34. The van der Waals surface area contributed by atoms with Crippen LogP contribution in [0.1, 0.15) is 29.6 Å². The lowest BCUT2D eigenvalue weighted by Crippen LogP contribution is -2.35. The first kappa shape index (κ1) is 14.1. The van der Waals surface area contributed by atoms with Crippen molar-refractivity contribution in [3.05, 3.63) is 37.9 Å². The Morgan fingerprint density at radius 2 is 1.84 bits per heavy atom.